The van der Waals surface area contributed by atoms with Gasteiger partial charge in [0.15, 0.2) is 0 Å². The monoisotopic (exact) mass is 630 g/mol. The molecule has 1 aliphatic heterocycles. The summed E-state index contributed by atoms with van der Waals surface area (Å²) >= 11 is -3.94. The average molecular weight is 633 g/mol. The molecule has 1 atom stereocenters. The van der Waals surface area contributed by atoms with Gasteiger partial charge in [0, 0.05) is 0 Å². The number of benzene rings is 4. The van der Waals surface area contributed by atoms with Crippen molar-refractivity contribution in [2.24, 2.45) is 0 Å². The van der Waals surface area contributed by atoms with Gasteiger partial charge in [-0.05, 0) is 0 Å². The first-order valence-corrected chi connectivity index (χ1v) is 24.4. The topological polar surface area (TPSA) is 0 Å². The van der Waals surface area contributed by atoms with Crippen LogP contribution in [0, 0.1) is 0 Å². The maximum atomic E-state index is 7.85. The predicted octanol–water partition coefficient (Wildman–Crippen LogP) is 7.82. The second-order valence-corrected chi connectivity index (χ2v) is 26.6. The second-order valence-electron chi connectivity index (χ2n) is 10.8. The van der Waals surface area contributed by atoms with Crippen LogP contribution in [0.2, 0.25) is 0 Å². The molecule has 1 heterocycles. The molecule has 0 radical (unpaired) electrons. The van der Waals surface area contributed by atoms with Crippen LogP contribution in [-0.2, 0) is 24.3 Å². The Morgan fingerprint density at radius 2 is 1.53 bits per heavy atom. The van der Waals surface area contributed by atoms with Crippen LogP contribution in [0.5, 0.6) is 0 Å². The molecule has 192 valence electrons. The first-order chi connectivity index (χ1) is 18.5. The Morgan fingerprint density at radius 1 is 0.763 bits per heavy atom. The molecular weight excluding hydrogens is 599 g/mol. The van der Waals surface area contributed by atoms with E-state index in [1.165, 1.54) is 71.0 Å². The Kier molecular flexibility index (Phi) is 7.71. The molecule has 0 saturated carbocycles. The molecule has 0 bridgehead atoms. The molecule has 1 unspecified atom stereocenters. The molecule has 0 amide bonds. The van der Waals surface area contributed by atoms with Crippen molar-refractivity contribution in [1.29, 1.82) is 0 Å². The number of halogens is 2. The zero-order chi connectivity index (χ0) is 26.3. The molecule has 0 aromatic heterocycles. The number of unbranched alkanes of at least 4 members (excludes halogenated alkanes) is 1. The Labute approximate surface area is 241 Å². The van der Waals surface area contributed by atoms with E-state index in [0.29, 0.717) is 0 Å². The fraction of sp³-hybridized carbons (Fsp3) is 0.235. The molecule has 0 nitrogen and oxygen atoms in total. The molecule has 1 aliphatic carbocycles. The molecule has 0 fully saturated rings. The van der Waals surface area contributed by atoms with Gasteiger partial charge < -0.3 is 0 Å². The fourth-order valence-corrected chi connectivity index (χ4v) is 23.5. The Morgan fingerprint density at radius 3 is 2.32 bits per heavy atom. The van der Waals surface area contributed by atoms with Gasteiger partial charge in [-0.3, -0.25) is 0 Å². The molecule has 0 N–H and O–H groups in total. The quantitative estimate of drug-likeness (QED) is 0.153. The standard InChI is InChI=1S/C22H25.C12H9Si.2ClH.Zr/c1-3-5-10-17-15-20-14-13-18(9-4-2)22(21(20)16-17)19-11-7-6-8-12-19;1-3-7-11-9(5-1)10-6-2-4-8-12(10)13-11;;;/h6-8,11-16H,3-5,9-10H2,1-2H3;1-7H,13H2;2*1H;/q;;;;+2/p-2. The molecule has 2 aliphatic rings. The first-order valence-electron chi connectivity index (χ1n) is 14.0. The molecule has 4 heteroatoms. The van der Waals surface area contributed by atoms with Crippen molar-refractivity contribution < 1.29 is 17.9 Å². The van der Waals surface area contributed by atoms with Crippen LogP contribution in [0.3, 0.4) is 0 Å². The minimum absolute atomic E-state index is 0.150. The van der Waals surface area contributed by atoms with Gasteiger partial charge in [0.1, 0.15) is 0 Å². The van der Waals surface area contributed by atoms with E-state index >= 15 is 0 Å². The Bertz CT molecular complexity index is 1520. The third-order valence-corrected chi connectivity index (χ3v) is 22.7. The van der Waals surface area contributed by atoms with Gasteiger partial charge in [-0.15, -0.1) is 0 Å². The van der Waals surface area contributed by atoms with Crippen LogP contribution < -0.4 is 13.6 Å². The molecule has 0 spiro atoms. The predicted molar refractivity (Wildman–Crippen MR) is 167 cm³/mol. The van der Waals surface area contributed by atoms with E-state index in [4.69, 9.17) is 17.0 Å². The summed E-state index contributed by atoms with van der Waals surface area (Å²) in [5, 5.41) is 3.03. The molecule has 6 rings (SSSR count). The summed E-state index contributed by atoms with van der Waals surface area (Å²) in [5.74, 6) is 0. The number of hydrogen-bond acceptors (Lipinski definition) is 0. The van der Waals surface area contributed by atoms with Gasteiger partial charge in [0.25, 0.3) is 0 Å². The number of rotatable bonds is 8. The van der Waals surface area contributed by atoms with Crippen LogP contribution in [0.1, 0.15) is 59.8 Å². The van der Waals surface area contributed by atoms with E-state index in [1.807, 2.05) is 0 Å². The van der Waals surface area contributed by atoms with Crippen molar-refractivity contribution in [2.45, 2.75) is 49.6 Å². The zero-order valence-corrected chi connectivity index (χ0v) is 27.6. The summed E-state index contributed by atoms with van der Waals surface area (Å²) in [5.41, 5.74) is 11.1. The van der Waals surface area contributed by atoms with Crippen LogP contribution in [0.4, 0.5) is 0 Å². The van der Waals surface area contributed by atoms with Crippen LogP contribution >= 0.6 is 17.0 Å². The molecule has 4 aromatic rings. The van der Waals surface area contributed by atoms with E-state index in [2.05, 4.69) is 105 Å². The second kappa shape index (κ2) is 11.1. The van der Waals surface area contributed by atoms with E-state index in [-0.39, 0.29) is 3.63 Å². The summed E-state index contributed by atoms with van der Waals surface area (Å²) in [7, 11) is 15.1. The SMILES string of the molecule is CCCCC1=Cc2c(ccc(CCC)c2-c2ccccc2)[CH]1[Zr]([Cl])([Cl])[c]1cccc2c1[SiH2]c1ccccc1-2. The summed E-state index contributed by atoms with van der Waals surface area (Å²) < 4.78 is 1.47. The molecule has 0 saturated heterocycles. The van der Waals surface area contributed by atoms with Crippen molar-refractivity contribution >= 4 is 46.3 Å². The van der Waals surface area contributed by atoms with E-state index in [0.717, 1.165) is 19.3 Å². The van der Waals surface area contributed by atoms with Crippen LogP contribution in [-0.4, -0.2) is 9.52 Å². The summed E-state index contributed by atoms with van der Waals surface area (Å²) in [6.07, 6.45) is 8.10. The van der Waals surface area contributed by atoms with Gasteiger partial charge in [-0.25, -0.2) is 0 Å². The summed E-state index contributed by atoms with van der Waals surface area (Å²) in [4.78, 5) is 0. The van der Waals surface area contributed by atoms with Crippen LogP contribution in [0.25, 0.3) is 28.3 Å². The Hall–Kier alpha value is -1.70. The molecular formula is C34H34Cl2SiZr. The van der Waals surface area contributed by atoms with Crippen molar-refractivity contribution in [3.8, 4) is 22.3 Å². The minimum atomic E-state index is -3.94. The van der Waals surface area contributed by atoms with Crippen molar-refractivity contribution in [3.05, 3.63) is 107 Å². The number of fused-ring (bicyclic) bond motifs is 4. The number of aryl methyl sites for hydroxylation is 1. The molecule has 38 heavy (non-hydrogen) atoms. The average Bonchev–Trinajstić information content (AvgIpc) is 3.51. The van der Waals surface area contributed by atoms with E-state index < -0.39 is 27.4 Å². The van der Waals surface area contributed by atoms with Gasteiger partial charge in [-0.2, -0.15) is 0 Å². The van der Waals surface area contributed by atoms with Gasteiger partial charge >= 0.3 is 243 Å². The zero-order valence-electron chi connectivity index (χ0n) is 22.2. The van der Waals surface area contributed by atoms with Crippen molar-refractivity contribution in [2.75, 3.05) is 0 Å². The van der Waals surface area contributed by atoms with Gasteiger partial charge in [0.2, 0.25) is 0 Å². The summed E-state index contributed by atoms with van der Waals surface area (Å²) in [6, 6.07) is 31.4. The number of allylic oxidation sites excluding steroid dienone is 1. The third kappa shape index (κ3) is 4.56. The van der Waals surface area contributed by atoms with Gasteiger partial charge in [0.05, 0.1) is 0 Å². The fourth-order valence-electron chi connectivity index (χ4n) is 6.63. The maximum absolute atomic E-state index is 7.85. The number of hydrogen-bond donors (Lipinski definition) is 0. The van der Waals surface area contributed by atoms with Gasteiger partial charge in [-0.1, -0.05) is 0 Å². The molecule has 4 aromatic carbocycles. The van der Waals surface area contributed by atoms with Crippen molar-refractivity contribution in [1.82, 2.24) is 0 Å². The van der Waals surface area contributed by atoms with E-state index in [9.17, 15) is 0 Å². The van der Waals surface area contributed by atoms with Crippen molar-refractivity contribution in [3.63, 3.8) is 0 Å². The normalized spacial score (nSPS) is 16.3. The van der Waals surface area contributed by atoms with Crippen LogP contribution in [0.15, 0.2) is 90.5 Å². The third-order valence-electron chi connectivity index (χ3n) is 8.35. The Balaban J connectivity index is 1.53. The first kappa shape index (κ1) is 26.5. The van der Waals surface area contributed by atoms with E-state index in [1.54, 1.807) is 0 Å². The summed E-state index contributed by atoms with van der Waals surface area (Å²) in [6.45, 7) is 4.54.